The highest BCUT2D eigenvalue weighted by Gasteiger charge is 2.34. The Morgan fingerprint density at radius 1 is 1.45 bits per heavy atom. The zero-order chi connectivity index (χ0) is 14.5. The van der Waals surface area contributed by atoms with E-state index < -0.39 is 11.9 Å². The monoisotopic (exact) mass is 303 g/mol. The number of aryl methyl sites for hydroxylation is 1. The number of nitrogens with one attached hydrogen (secondary N) is 1. The standard InChI is InChI=1S/C11H12F3N5S/c1-6-4-8(11(12,13)14)17-18(6)5-9-15-16-10(20)19(9)7-2-3-7/h4,7H,2-3,5H2,1H3,(H,16,20). The fourth-order valence-corrected chi connectivity index (χ4v) is 2.40. The first kappa shape index (κ1) is 13.3. The van der Waals surface area contributed by atoms with Crippen LogP contribution in [0.25, 0.3) is 0 Å². The zero-order valence-corrected chi connectivity index (χ0v) is 11.4. The average molecular weight is 303 g/mol. The predicted molar refractivity (Wildman–Crippen MR) is 66.8 cm³/mol. The molecule has 1 aliphatic carbocycles. The second-order valence-electron chi connectivity index (χ2n) is 4.87. The third kappa shape index (κ3) is 2.37. The van der Waals surface area contributed by atoms with Gasteiger partial charge in [-0.15, -0.1) is 0 Å². The number of aromatic nitrogens is 5. The largest absolute Gasteiger partial charge is 0.435 e. The number of hydrogen-bond donors (Lipinski definition) is 1. The van der Waals surface area contributed by atoms with Gasteiger partial charge in [0.25, 0.3) is 0 Å². The van der Waals surface area contributed by atoms with Crippen molar-refractivity contribution < 1.29 is 13.2 Å². The Kier molecular flexibility index (Phi) is 2.96. The van der Waals surface area contributed by atoms with Crippen molar-refractivity contribution in [2.45, 2.75) is 38.5 Å². The highest BCUT2D eigenvalue weighted by molar-refractivity contribution is 7.71. The summed E-state index contributed by atoms with van der Waals surface area (Å²) < 4.78 is 41.5. The molecule has 0 amide bonds. The van der Waals surface area contributed by atoms with E-state index in [1.54, 1.807) is 6.92 Å². The molecule has 2 aromatic rings. The summed E-state index contributed by atoms with van der Waals surface area (Å²) in [5.41, 5.74) is -0.448. The molecule has 5 nitrogen and oxygen atoms in total. The van der Waals surface area contributed by atoms with Crippen LogP contribution in [0.5, 0.6) is 0 Å². The maximum absolute atomic E-state index is 12.6. The molecule has 3 rings (SSSR count). The van der Waals surface area contributed by atoms with Crippen LogP contribution in [0.4, 0.5) is 13.2 Å². The third-order valence-corrected chi connectivity index (χ3v) is 3.54. The van der Waals surface area contributed by atoms with Crippen LogP contribution in [0, 0.1) is 11.7 Å². The SMILES string of the molecule is Cc1cc(C(F)(F)F)nn1Cc1n[nH]c(=S)n1C1CC1. The molecule has 9 heteroatoms. The summed E-state index contributed by atoms with van der Waals surface area (Å²) in [7, 11) is 0. The summed E-state index contributed by atoms with van der Waals surface area (Å²) in [5.74, 6) is 0.609. The third-order valence-electron chi connectivity index (χ3n) is 3.25. The molecule has 2 heterocycles. The Balaban J connectivity index is 1.92. The molecule has 0 aromatic carbocycles. The smallest absolute Gasteiger partial charge is 0.299 e. The minimum absolute atomic E-state index is 0.172. The van der Waals surface area contributed by atoms with Crippen molar-refractivity contribution in [3.05, 3.63) is 28.0 Å². The number of aromatic amines is 1. The molecule has 1 aliphatic rings. The number of nitrogens with zero attached hydrogens (tertiary/aromatic N) is 4. The van der Waals surface area contributed by atoms with E-state index in [-0.39, 0.29) is 6.54 Å². The maximum Gasteiger partial charge on any atom is 0.435 e. The normalized spacial score (nSPS) is 15.8. The Labute approximate surface area is 117 Å². The first-order valence-corrected chi connectivity index (χ1v) is 6.54. The molecule has 108 valence electrons. The molecule has 0 aliphatic heterocycles. The van der Waals surface area contributed by atoms with Gasteiger partial charge in [-0.1, -0.05) is 0 Å². The molecule has 0 bridgehead atoms. The van der Waals surface area contributed by atoms with E-state index in [0.717, 1.165) is 18.9 Å². The first-order chi connectivity index (χ1) is 9.36. The van der Waals surface area contributed by atoms with Crippen LogP contribution in [-0.4, -0.2) is 24.5 Å². The van der Waals surface area contributed by atoms with Crippen molar-refractivity contribution >= 4 is 12.2 Å². The van der Waals surface area contributed by atoms with Crippen molar-refractivity contribution in [3.8, 4) is 0 Å². The lowest BCUT2D eigenvalue weighted by atomic mass is 10.3. The molecule has 2 aromatic heterocycles. The van der Waals surface area contributed by atoms with Crippen LogP contribution < -0.4 is 0 Å². The van der Waals surface area contributed by atoms with Gasteiger partial charge in [0, 0.05) is 11.7 Å². The molecule has 20 heavy (non-hydrogen) atoms. The van der Waals surface area contributed by atoms with Crippen LogP contribution >= 0.6 is 12.2 Å². The summed E-state index contributed by atoms with van der Waals surface area (Å²) >= 11 is 5.14. The Bertz CT molecular complexity index is 692. The topological polar surface area (TPSA) is 51.4 Å². The van der Waals surface area contributed by atoms with Crippen molar-refractivity contribution in [2.75, 3.05) is 0 Å². The van der Waals surface area contributed by atoms with E-state index in [1.807, 2.05) is 4.57 Å². The van der Waals surface area contributed by atoms with E-state index in [4.69, 9.17) is 12.2 Å². The molecular formula is C11H12F3N5S. The first-order valence-electron chi connectivity index (χ1n) is 6.13. The second kappa shape index (κ2) is 4.44. The van der Waals surface area contributed by atoms with Gasteiger partial charge in [-0.3, -0.25) is 14.3 Å². The van der Waals surface area contributed by atoms with E-state index >= 15 is 0 Å². The molecule has 1 N–H and O–H groups in total. The van der Waals surface area contributed by atoms with Crippen molar-refractivity contribution in [2.24, 2.45) is 0 Å². The van der Waals surface area contributed by atoms with Gasteiger partial charge in [-0.2, -0.15) is 23.4 Å². The lowest BCUT2D eigenvalue weighted by Gasteiger charge is -2.06. The molecule has 0 radical (unpaired) electrons. The molecule has 0 unspecified atom stereocenters. The second-order valence-corrected chi connectivity index (χ2v) is 5.26. The molecule has 1 saturated carbocycles. The number of hydrogen-bond acceptors (Lipinski definition) is 3. The van der Waals surface area contributed by atoms with E-state index in [9.17, 15) is 13.2 Å². The summed E-state index contributed by atoms with van der Waals surface area (Å²) in [6.07, 6.45) is -2.39. The summed E-state index contributed by atoms with van der Waals surface area (Å²) in [4.78, 5) is 0. The molecular weight excluding hydrogens is 291 g/mol. The minimum atomic E-state index is -4.43. The maximum atomic E-state index is 12.6. The summed E-state index contributed by atoms with van der Waals surface area (Å²) in [5, 5.41) is 10.4. The van der Waals surface area contributed by atoms with Gasteiger partial charge in [0.15, 0.2) is 16.3 Å². The fraction of sp³-hybridized carbons (Fsp3) is 0.545. The quantitative estimate of drug-likeness (QED) is 0.887. The van der Waals surface area contributed by atoms with Crippen molar-refractivity contribution in [3.63, 3.8) is 0 Å². The van der Waals surface area contributed by atoms with Crippen LogP contribution in [0.3, 0.4) is 0 Å². The number of halogens is 3. The molecule has 0 saturated heterocycles. The number of alkyl halides is 3. The lowest BCUT2D eigenvalue weighted by Crippen LogP contribution is -2.12. The summed E-state index contributed by atoms with van der Waals surface area (Å²) in [6.45, 7) is 1.76. The van der Waals surface area contributed by atoms with Crippen LogP contribution in [0.2, 0.25) is 0 Å². The van der Waals surface area contributed by atoms with E-state index in [1.165, 1.54) is 4.68 Å². The Hall–Kier alpha value is -1.64. The molecule has 1 fully saturated rings. The summed E-state index contributed by atoms with van der Waals surface area (Å²) in [6, 6.07) is 1.34. The van der Waals surface area contributed by atoms with Crippen molar-refractivity contribution in [1.82, 2.24) is 24.5 Å². The fourth-order valence-electron chi connectivity index (χ4n) is 2.10. The number of H-pyrrole nitrogens is 1. The van der Waals surface area contributed by atoms with Gasteiger partial charge >= 0.3 is 6.18 Å². The Morgan fingerprint density at radius 2 is 2.15 bits per heavy atom. The van der Waals surface area contributed by atoms with Crippen LogP contribution in [0.1, 0.15) is 36.1 Å². The minimum Gasteiger partial charge on any atom is -0.299 e. The predicted octanol–water partition coefficient (Wildman–Crippen LogP) is 2.85. The molecule has 0 spiro atoms. The Morgan fingerprint density at radius 3 is 2.70 bits per heavy atom. The van der Waals surface area contributed by atoms with Gasteiger partial charge in [-0.05, 0) is 38.0 Å². The van der Waals surface area contributed by atoms with Gasteiger partial charge in [0.05, 0.1) is 0 Å². The van der Waals surface area contributed by atoms with Crippen molar-refractivity contribution in [1.29, 1.82) is 0 Å². The van der Waals surface area contributed by atoms with Gasteiger partial charge in [0.1, 0.15) is 6.54 Å². The van der Waals surface area contributed by atoms with Crippen LogP contribution in [-0.2, 0) is 12.7 Å². The molecule has 0 atom stereocenters. The highest BCUT2D eigenvalue weighted by Crippen LogP contribution is 2.36. The van der Waals surface area contributed by atoms with Gasteiger partial charge < -0.3 is 0 Å². The lowest BCUT2D eigenvalue weighted by molar-refractivity contribution is -0.141. The van der Waals surface area contributed by atoms with Gasteiger partial charge in [-0.25, -0.2) is 0 Å². The van der Waals surface area contributed by atoms with E-state index in [2.05, 4.69) is 15.3 Å². The van der Waals surface area contributed by atoms with Gasteiger partial charge in [0.2, 0.25) is 0 Å². The highest BCUT2D eigenvalue weighted by atomic mass is 32.1. The number of rotatable bonds is 3. The zero-order valence-electron chi connectivity index (χ0n) is 10.6. The average Bonchev–Trinajstić information content (AvgIpc) is 3.01. The van der Waals surface area contributed by atoms with E-state index in [0.29, 0.717) is 22.3 Å². The van der Waals surface area contributed by atoms with Crippen LogP contribution in [0.15, 0.2) is 6.07 Å².